The number of fused-ring (bicyclic) bond motifs is 24. The third-order valence-corrected chi connectivity index (χ3v) is 26.6. The lowest BCUT2D eigenvalue weighted by Gasteiger charge is -2.36. The topological polar surface area (TPSA) is 199 Å². The van der Waals surface area contributed by atoms with Crippen molar-refractivity contribution in [1.82, 2.24) is 0 Å². The van der Waals surface area contributed by atoms with Gasteiger partial charge in [0.2, 0.25) is 0 Å². The molecule has 12 heteroatoms. The fourth-order valence-corrected chi connectivity index (χ4v) is 21.0. The van der Waals surface area contributed by atoms with Gasteiger partial charge in [0.25, 0.3) is 0 Å². The number of rotatable bonds is 5. The van der Waals surface area contributed by atoms with Gasteiger partial charge >= 0.3 is 0 Å². The molecule has 20 aromatic rings. The summed E-state index contributed by atoms with van der Waals surface area (Å²) < 4.78 is 25.1. The lowest BCUT2D eigenvalue weighted by atomic mass is 9.72. The summed E-state index contributed by atoms with van der Waals surface area (Å²) in [5, 5.41) is 95.2. The van der Waals surface area contributed by atoms with Crippen LogP contribution in [0.25, 0.3) is 86.2 Å². The predicted molar refractivity (Wildman–Crippen MR) is 523 cm³/mol. The zero-order chi connectivity index (χ0) is 89.8. The van der Waals surface area contributed by atoms with Gasteiger partial charge in [-0.1, -0.05) is 274 Å². The van der Waals surface area contributed by atoms with Crippen molar-refractivity contribution in [1.29, 1.82) is 0 Å². The molecule has 8 N–H and O–H groups in total. The molecule has 638 valence electrons. The van der Waals surface area contributed by atoms with Crippen LogP contribution >= 0.6 is 0 Å². The summed E-state index contributed by atoms with van der Waals surface area (Å²) in [4.78, 5) is 0. The number of benzene rings is 20. The molecule has 0 fully saturated rings. The van der Waals surface area contributed by atoms with Crippen molar-refractivity contribution in [2.75, 3.05) is 0 Å². The highest BCUT2D eigenvalue weighted by molar-refractivity contribution is 6.01. The summed E-state index contributed by atoms with van der Waals surface area (Å²) in [5.74, 6) is 9.36. The first-order valence-electron chi connectivity index (χ1n) is 43.7. The second kappa shape index (κ2) is 32.2. The first-order valence-corrected chi connectivity index (χ1v) is 43.7. The van der Waals surface area contributed by atoms with Gasteiger partial charge in [-0.2, -0.15) is 0 Å². The van der Waals surface area contributed by atoms with Crippen LogP contribution in [0, 0.1) is 0 Å². The van der Waals surface area contributed by atoms with E-state index >= 15 is 0 Å². The first-order chi connectivity index (χ1) is 62.7. The van der Waals surface area contributed by atoms with E-state index in [4.69, 9.17) is 18.9 Å². The number of phenols is 8. The summed E-state index contributed by atoms with van der Waals surface area (Å²) in [7, 11) is 0. The Hall–Kier alpha value is -15.9. The van der Waals surface area contributed by atoms with Crippen molar-refractivity contribution < 1.29 is 59.8 Å². The molecule has 0 bridgehead atoms. The minimum Gasteiger partial charge on any atom is -0.508 e. The molecule has 24 rings (SSSR count). The normalized spacial score (nSPS) is 14.0. The van der Waals surface area contributed by atoms with Gasteiger partial charge in [0.15, 0.2) is 0 Å². The lowest BCUT2D eigenvalue weighted by Crippen LogP contribution is -2.25. The molecule has 20 aromatic carbocycles. The van der Waals surface area contributed by atoms with E-state index in [9.17, 15) is 40.9 Å². The number of hydrogen-bond donors (Lipinski definition) is 8. The van der Waals surface area contributed by atoms with E-state index in [0.29, 0.717) is 0 Å². The Morgan fingerprint density at radius 3 is 0.423 bits per heavy atom. The fourth-order valence-electron chi connectivity index (χ4n) is 21.0. The van der Waals surface area contributed by atoms with Gasteiger partial charge in [-0.3, -0.25) is 0 Å². The molecule has 0 radical (unpaired) electrons. The molecule has 0 saturated carbocycles. The summed E-state index contributed by atoms with van der Waals surface area (Å²) in [6.45, 7) is 17.6. The molecule has 0 amide bonds. The Labute approximate surface area is 752 Å². The van der Waals surface area contributed by atoms with E-state index < -0.39 is 0 Å². The monoisotopic (exact) mass is 1700 g/mol. The quantitative estimate of drug-likeness (QED) is 0.0813. The largest absolute Gasteiger partial charge is 0.508 e. The highest BCUT2D eigenvalue weighted by Crippen LogP contribution is 2.59. The summed E-state index contributed by atoms with van der Waals surface area (Å²) in [6, 6.07) is 119. The van der Waals surface area contributed by atoms with Crippen LogP contribution in [-0.2, 0) is 21.7 Å². The molecule has 0 saturated heterocycles. The molecule has 0 aliphatic carbocycles. The molecule has 0 spiro atoms. The molecule has 130 heavy (non-hydrogen) atoms. The second-order valence-corrected chi connectivity index (χ2v) is 36.3. The van der Waals surface area contributed by atoms with Crippen LogP contribution in [0.1, 0.15) is 134 Å². The number of phenolic OH excluding ortho intramolecular Hbond substituents is 8. The van der Waals surface area contributed by atoms with E-state index in [2.05, 4.69) is 177 Å². The third kappa shape index (κ3) is 14.6. The maximum absolute atomic E-state index is 9.83. The summed E-state index contributed by atoms with van der Waals surface area (Å²) >= 11 is 0. The average Bonchev–Trinajstić information content (AvgIpc) is 0.729. The zero-order valence-electron chi connectivity index (χ0n) is 73.0. The molecular formula is C118H94O12. The maximum atomic E-state index is 9.83. The van der Waals surface area contributed by atoms with E-state index in [1.165, 1.54) is 22.3 Å². The SMILES string of the molecule is CC1(C)c2c(ccc3cc(O)ccc23)Oc2ccc3cc(O)ccc3c21.CC1(C)c2c(ccc3cc(O)ccc23)Oc2ccc3cc(O)ccc3c21.CC1(C)c2c(ccc3cc(O)ccc23)Oc2ccc3cc(O)ccc3c21.CC1(C)c2c(ccc3cc(O)ccc23)Oc2ccc3cc(O)ccc3c21.c1ccc(C(c2ccccc2)C(c2ccccc2)c2ccccc2)cc1. The molecule has 0 atom stereocenters. The van der Waals surface area contributed by atoms with Crippen molar-refractivity contribution >= 4 is 86.2 Å². The predicted octanol–water partition coefficient (Wildman–Crippen LogP) is 30.0. The summed E-state index contributed by atoms with van der Waals surface area (Å²) in [5.41, 5.74) is 13.1. The second-order valence-electron chi connectivity index (χ2n) is 36.3. The number of hydrogen-bond acceptors (Lipinski definition) is 12. The Balaban J connectivity index is 0.000000102. The zero-order valence-corrected chi connectivity index (χ0v) is 73.0. The van der Waals surface area contributed by atoms with Crippen molar-refractivity contribution in [3.8, 4) is 92.0 Å². The molecule has 4 aliphatic rings. The molecule has 0 unspecified atom stereocenters. The van der Waals surface area contributed by atoms with Gasteiger partial charge in [0.05, 0.1) is 0 Å². The minimum atomic E-state index is -0.296. The van der Waals surface area contributed by atoms with Crippen LogP contribution in [0.2, 0.25) is 0 Å². The van der Waals surface area contributed by atoms with Gasteiger partial charge in [-0.25, -0.2) is 0 Å². The van der Waals surface area contributed by atoms with Gasteiger partial charge in [-0.15, -0.1) is 0 Å². The molecule has 4 aliphatic heterocycles. The Bertz CT molecular complexity index is 6600. The van der Waals surface area contributed by atoms with Gasteiger partial charge in [-0.05, 0) is 254 Å². The Morgan fingerprint density at radius 1 is 0.162 bits per heavy atom. The van der Waals surface area contributed by atoms with Crippen LogP contribution in [0.3, 0.4) is 0 Å². The van der Waals surface area contributed by atoms with Crippen LogP contribution in [0.4, 0.5) is 0 Å². The first kappa shape index (κ1) is 82.4. The molecule has 0 aromatic heterocycles. The van der Waals surface area contributed by atoms with Crippen LogP contribution in [0.15, 0.2) is 364 Å². The van der Waals surface area contributed by atoms with Gasteiger partial charge in [0, 0.05) is 78.0 Å². The smallest absolute Gasteiger partial charge is 0.132 e. The van der Waals surface area contributed by atoms with Crippen LogP contribution < -0.4 is 18.9 Å². The van der Waals surface area contributed by atoms with Crippen LogP contribution in [0.5, 0.6) is 92.0 Å². The Morgan fingerprint density at radius 2 is 0.292 bits per heavy atom. The number of ether oxygens (including phenoxy) is 4. The van der Waals surface area contributed by atoms with E-state index in [0.717, 1.165) is 177 Å². The van der Waals surface area contributed by atoms with E-state index in [-0.39, 0.29) is 79.5 Å². The van der Waals surface area contributed by atoms with E-state index in [1.54, 1.807) is 97.1 Å². The van der Waals surface area contributed by atoms with Crippen molar-refractivity contribution in [2.24, 2.45) is 0 Å². The van der Waals surface area contributed by atoms with Gasteiger partial charge < -0.3 is 59.8 Å². The Kier molecular flexibility index (Phi) is 20.4. The molecule has 4 heterocycles. The fraction of sp³-hybridized carbons (Fsp3) is 0.119. The highest BCUT2D eigenvalue weighted by Gasteiger charge is 2.42. The van der Waals surface area contributed by atoms with E-state index in [1.807, 2.05) is 146 Å². The third-order valence-electron chi connectivity index (χ3n) is 26.6. The maximum Gasteiger partial charge on any atom is 0.132 e. The minimum absolute atomic E-state index is 0.258. The molecule has 12 nitrogen and oxygen atoms in total. The highest BCUT2D eigenvalue weighted by atomic mass is 16.5. The number of aromatic hydroxyl groups is 8. The van der Waals surface area contributed by atoms with Crippen LogP contribution in [-0.4, -0.2) is 40.9 Å². The van der Waals surface area contributed by atoms with Gasteiger partial charge in [0.1, 0.15) is 92.0 Å². The van der Waals surface area contributed by atoms with Crippen molar-refractivity contribution in [3.05, 3.63) is 431 Å². The lowest BCUT2D eigenvalue weighted by molar-refractivity contribution is 0.422. The standard InChI is InChI=1S/C26H22.4C23H18O3/c1-5-13-21(14-6-1)25(22-15-7-2-8-16-22)26(23-17-9-3-10-18-23)24-19-11-4-12-20-24;4*1-23(2)21-17-7-5-15(24)11-13(17)3-9-19(21)26-20-10-4-14-12-16(25)6-8-18(14)22(20)23/h1-20,25-26H;4*3-12,24-25H,1-2H3. The van der Waals surface area contributed by atoms with Crippen molar-refractivity contribution in [3.63, 3.8) is 0 Å². The average molecular weight is 1700 g/mol. The summed E-state index contributed by atoms with van der Waals surface area (Å²) in [6.07, 6.45) is 0. The van der Waals surface area contributed by atoms with Crippen molar-refractivity contribution in [2.45, 2.75) is 88.9 Å². The molecular weight excluding hydrogens is 1610 g/mol.